The Morgan fingerprint density at radius 1 is 1.07 bits per heavy atom. The molecule has 1 heterocycles. The number of halogens is 2. The minimum absolute atomic E-state index is 0.162. The SMILES string of the molecule is Fc1cccc2c1sc1cc(Cl)ccc12. The summed E-state index contributed by atoms with van der Waals surface area (Å²) in [5.41, 5.74) is 0. The second-order valence-electron chi connectivity index (χ2n) is 3.36. The van der Waals surface area contributed by atoms with Gasteiger partial charge in [-0.3, -0.25) is 0 Å². The third-order valence-corrected chi connectivity index (χ3v) is 3.82. The summed E-state index contributed by atoms with van der Waals surface area (Å²) in [5.74, 6) is -0.162. The fourth-order valence-corrected chi connectivity index (χ4v) is 3.12. The van der Waals surface area contributed by atoms with Gasteiger partial charge in [-0.05, 0) is 18.2 Å². The van der Waals surface area contributed by atoms with Crippen LogP contribution in [0.5, 0.6) is 0 Å². The Kier molecular flexibility index (Phi) is 1.94. The van der Waals surface area contributed by atoms with Crippen LogP contribution in [-0.2, 0) is 0 Å². The van der Waals surface area contributed by atoms with Crippen LogP contribution in [0.4, 0.5) is 4.39 Å². The molecule has 0 radical (unpaired) electrons. The molecule has 15 heavy (non-hydrogen) atoms. The molecule has 0 aliphatic carbocycles. The lowest BCUT2D eigenvalue weighted by molar-refractivity contribution is 0.642. The number of hydrogen-bond donors (Lipinski definition) is 0. The van der Waals surface area contributed by atoms with E-state index < -0.39 is 0 Å². The summed E-state index contributed by atoms with van der Waals surface area (Å²) in [7, 11) is 0. The van der Waals surface area contributed by atoms with Crippen molar-refractivity contribution >= 4 is 43.1 Å². The minimum Gasteiger partial charge on any atom is -0.205 e. The summed E-state index contributed by atoms with van der Waals surface area (Å²) < 4.78 is 15.2. The van der Waals surface area contributed by atoms with Crippen LogP contribution in [0.1, 0.15) is 0 Å². The van der Waals surface area contributed by atoms with Crippen molar-refractivity contribution in [2.75, 3.05) is 0 Å². The molecule has 0 amide bonds. The molecule has 0 atom stereocenters. The van der Waals surface area contributed by atoms with Crippen molar-refractivity contribution in [1.29, 1.82) is 0 Å². The van der Waals surface area contributed by atoms with Crippen LogP contribution in [0, 0.1) is 5.82 Å². The first-order valence-electron chi connectivity index (χ1n) is 4.52. The van der Waals surface area contributed by atoms with Gasteiger partial charge in [-0.15, -0.1) is 11.3 Å². The van der Waals surface area contributed by atoms with Crippen molar-refractivity contribution in [2.24, 2.45) is 0 Å². The molecule has 0 fully saturated rings. The van der Waals surface area contributed by atoms with E-state index in [-0.39, 0.29) is 5.82 Å². The number of fused-ring (bicyclic) bond motifs is 3. The van der Waals surface area contributed by atoms with Gasteiger partial charge in [-0.2, -0.15) is 0 Å². The van der Waals surface area contributed by atoms with Gasteiger partial charge >= 0.3 is 0 Å². The first-order chi connectivity index (χ1) is 7.25. The first kappa shape index (κ1) is 9.13. The molecule has 74 valence electrons. The Morgan fingerprint density at radius 2 is 1.93 bits per heavy atom. The molecule has 3 aromatic rings. The number of benzene rings is 2. The summed E-state index contributed by atoms with van der Waals surface area (Å²) >= 11 is 7.34. The molecule has 0 N–H and O–H groups in total. The Morgan fingerprint density at radius 3 is 2.80 bits per heavy atom. The van der Waals surface area contributed by atoms with E-state index in [1.165, 1.54) is 17.4 Å². The highest BCUT2D eigenvalue weighted by molar-refractivity contribution is 7.25. The van der Waals surface area contributed by atoms with Crippen LogP contribution in [0.15, 0.2) is 36.4 Å². The molecule has 0 bridgehead atoms. The Balaban J connectivity index is 2.57. The predicted octanol–water partition coefficient (Wildman–Crippen LogP) is 4.85. The van der Waals surface area contributed by atoms with Gasteiger partial charge in [0.15, 0.2) is 0 Å². The molecule has 0 saturated carbocycles. The van der Waals surface area contributed by atoms with Gasteiger partial charge in [-0.25, -0.2) is 4.39 Å². The molecule has 0 spiro atoms. The highest BCUT2D eigenvalue weighted by Gasteiger charge is 2.08. The zero-order valence-corrected chi connectivity index (χ0v) is 9.20. The minimum atomic E-state index is -0.162. The maximum Gasteiger partial charge on any atom is 0.141 e. The summed E-state index contributed by atoms with van der Waals surface area (Å²) in [4.78, 5) is 0. The molecule has 0 unspecified atom stereocenters. The standard InChI is InChI=1S/C12H6ClFS/c13-7-4-5-8-9-2-1-3-10(14)12(9)15-11(8)6-7/h1-6H. The lowest BCUT2D eigenvalue weighted by Crippen LogP contribution is -1.71. The van der Waals surface area contributed by atoms with Crippen molar-refractivity contribution in [1.82, 2.24) is 0 Å². The van der Waals surface area contributed by atoms with Crippen LogP contribution in [0.2, 0.25) is 5.02 Å². The zero-order valence-electron chi connectivity index (χ0n) is 7.63. The summed E-state index contributed by atoms with van der Waals surface area (Å²) in [5, 5.41) is 2.72. The van der Waals surface area contributed by atoms with Crippen molar-refractivity contribution in [3.8, 4) is 0 Å². The lowest BCUT2D eigenvalue weighted by Gasteiger charge is -1.92. The third kappa shape index (κ3) is 1.33. The van der Waals surface area contributed by atoms with Gasteiger partial charge in [0.1, 0.15) is 5.82 Å². The van der Waals surface area contributed by atoms with Gasteiger partial charge in [0, 0.05) is 20.5 Å². The predicted molar refractivity (Wildman–Crippen MR) is 64.3 cm³/mol. The Hall–Kier alpha value is -1.12. The lowest BCUT2D eigenvalue weighted by atomic mass is 10.1. The van der Waals surface area contributed by atoms with E-state index in [9.17, 15) is 4.39 Å². The highest BCUT2D eigenvalue weighted by Crippen LogP contribution is 2.36. The summed E-state index contributed by atoms with van der Waals surface area (Å²) in [6.07, 6.45) is 0. The molecule has 1 aromatic heterocycles. The fourth-order valence-electron chi connectivity index (χ4n) is 1.74. The van der Waals surface area contributed by atoms with Crippen LogP contribution < -0.4 is 0 Å². The van der Waals surface area contributed by atoms with Gasteiger partial charge in [0.2, 0.25) is 0 Å². The van der Waals surface area contributed by atoms with E-state index in [0.29, 0.717) is 9.72 Å². The van der Waals surface area contributed by atoms with Crippen molar-refractivity contribution in [3.63, 3.8) is 0 Å². The van der Waals surface area contributed by atoms with Gasteiger partial charge in [0.25, 0.3) is 0 Å². The normalized spacial score (nSPS) is 11.3. The highest BCUT2D eigenvalue weighted by atomic mass is 35.5. The second kappa shape index (κ2) is 3.19. The summed E-state index contributed by atoms with van der Waals surface area (Å²) in [6.45, 7) is 0. The fraction of sp³-hybridized carbons (Fsp3) is 0. The van der Waals surface area contributed by atoms with Gasteiger partial charge in [-0.1, -0.05) is 29.8 Å². The number of rotatable bonds is 0. The maximum absolute atomic E-state index is 13.5. The quantitative estimate of drug-likeness (QED) is 0.524. The van der Waals surface area contributed by atoms with Crippen LogP contribution in [0.25, 0.3) is 20.2 Å². The molecule has 0 aliphatic rings. The zero-order chi connectivity index (χ0) is 10.4. The third-order valence-electron chi connectivity index (χ3n) is 2.41. The monoisotopic (exact) mass is 236 g/mol. The van der Waals surface area contributed by atoms with Crippen LogP contribution >= 0.6 is 22.9 Å². The van der Waals surface area contributed by atoms with E-state index in [4.69, 9.17) is 11.6 Å². The molecule has 3 rings (SSSR count). The largest absolute Gasteiger partial charge is 0.205 e. The molecule has 2 aromatic carbocycles. The molecular formula is C12H6ClFS. The van der Waals surface area contributed by atoms with E-state index in [1.54, 1.807) is 6.07 Å². The molecule has 0 saturated heterocycles. The van der Waals surface area contributed by atoms with Gasteiger partial charge in [0.05, 0.1) is 4.70 Å². The van der Waals surface area contributed by atoms with Gasteiger partial charge < -0.3 is 0 Å². The topological polar surface area (TPSA) is 0 Å². The van der Waals surface area contributed by atoms with E-state index in [0.717, 1.165) is 15.5 Å². The molecule has 0 nitrogen and oxygen atoms in total. The first-order valence-corrected chi connectivity index (χ1v) is 5.71. The van der Waals surface area contributed by atoms with Crippen LogP contribution in [-0.4, -0.2) is 0 Å². The number of hydrogen-bond acceptors (Lipinski definition) is 1. The average Bonchev–Trinajstić information content (AvgIpc) is 2.57. The molecular weight excluding hydrogens is 231 g/mol. The van der Waals surface area contributed by atoms with Crippen molar-refractivity contribution in [3.05, 3.63) is 47.2 Å². The Bertz CT molecular complexity index is 657. The smallest absolute Gasteiger partial charge is 0.141 e. The van der Waals surface area contributed by atoms with Crippen LogP contribution in [0.3, 0.4) is 0 Å². The van der Waals surface area contributed by atoms with E-state index in [1.807, 2.05) is 24.3 Å². The second-order valence-corrected chi connectivity index (χ2v) is 4.85. The van der Waals surface area contributed by atoms with E-state index in [2.05, 4.69) is 0 Å². The molecule has 0 aliphatic heterocycles. The average molecular weight is 237 g/mol. The van der Waals surface area contributed by atoms with Crippen molar-refractivity contribution < 1.29 is 4.39 Å². The maximum atomic E-state index is 13.5. The van der Waals surface area contributed by atoms with Crippen molar-refractivity contribution in [2.45, 2.75) is 0 Å². The number of thiophene rings is 1. The molecule has 3 heteroatoms. The Labute approximate surface area is 94.9 Å². The van der Waals surface area contributed by atoms with E-state index >= 15 is 0 Å². The summed E-state index contributed by atoms with van der Waals surface area (Å²) in [6, 6.07) is 10.8.